The third kappa shape index (κ3) is 2.81. The first-order chi connectivity index (χ1) is 8.22. The summed E-state index contributed by atoms with van der Waals surface area (Å²) in [5.74, 6) is 0.113. The number of halogens is 1. The highest BCUT2D eigenvalue weighted by molar-refractivity contribution is 6.30. The van der Waals surface area contributed by atoms with Crippen LogP contribution in [0.2, 0.25) is 5.02 Å². The van der Waals surface area contributed by atoms with Gasteiger partial charge in [-0.2, -0.15) is 0 Å². The molecule has 17 heavy (non-hydrogen) atoms. The molecule has 0 N–H and O–H groups in total. The highest BCUT2D eigenvalue weighted by Gasteiger charge is 2.25. The minimum Gasteiger partial charge on any atom is -0.336 e. The molecule has 1 aliphatic carbocycles. The fraction of sp³-hybridized carbons (Fsp3) is 0.500. The lowest BCUT2D eigenvalue weighted by Gasteiger charge is -2.27. The molecule has 92 valence electrons. The van der Waals surface area contributed by atoms with Crippen LogP contribution < -0.4 is 0 Å². The lowest BCUT2D eigenvalue weighted by Crippen LogP contribution is -2.38. The monoisotopic (exact) mass is 251 g/mol. The van der Waals surface area contributed by atoms with E-state index in [1.165, 1.54) is 12.8 Å². The largest absolute Gasteiger partial charge is 0.336 e. The van der Waals surface area contributed by atoms with Crippen molar-refractivity contribution in [2.75, 3.05) is 6.54 Å². The number of hydrogen-bond acceptors (Lipinski definition) is 1. The Morgan fingerprint density at radius 3 is 2.71 bits per heavy atom. The van der Waals surface area contributed by atoms with Gasteiger partial charge in [-0.1, -0.05) is 30.5 Å². The molecule has 0 saturated heterocycles. The van der Waals surface area contributed by atoms with Crippen LogP contribution in [-0.4, -0.2) is 23.4 Å². The second-order valence-electron chi connectivity index (χ2n) is 4.54. The molecule has 2 nitrogen and oxygen atoms in total. The van der Waals surface area contributed by atoms with Gasteiger partial charge in [0.05, 0.1) is 0 Å². The Hall–Kier alpha value is -1.02. The summed E-state index contributed by atoms with van der Waals surface area (Å²) in [5.41, 5.74) is 0.700. The highest BCUT2D eigenvalue weighted by Crippen LogP contribution is 2.25. The average molecular weight is 252 g/mol. The first kappa shape index (κ1) is 12.4. The van der Waals surface area contributed by atoms with E-state index in [1.807, 2.05) is 24.0 Å². The van der Waals surface area contributed by atoms with E-state index in [0.29, 0.717) is 16.6 Å². The van der Waals surface area contributed by atoms with Gasteiger partial charge >= 0.3 is 0 Å². The molecule has 1 fully saturated rings. The Labute approximate surface area is 108 Å². The molecule has 0 atom stereocenters. The number of rotatable bonds is 3. The molecule has 0 aliphatic heterocycles. The predicted molar refractivity (Wildman–Crippen MR) is 70.4 cm³/mol. The van der Waals surface area contributed by atoms with Crippen LogP contribution in [0.3, 0.4) is 0 Å². The first-order valence-corrected chi connectivity index (χ1v) is 6.66. The van der Waals surface area contributed by atoms with Gasteiger partial charge in [0.25, 0.3) is 5.91 Å². The quantitative estimate of drug-likeness (QED) is 0.801. The average Bonchev–Trinajstić information content (AvgIpc) is 2.83. The van der Waals surface area contributed by atoms with Crippen LogP contribution in [0.25, 0.3) is 0 Å². The van der Waals surface area contributed by atoms with E-state index >= 15 is 0 Å². The molecule has 0 aromatic heterocycles. The van der Waals surface area contributed by atoms with E-state index in [-0.39, 0.29) is 5.91 Å². The van der Waals surface area contributed by atoms with Crippen molar-refractivity contribution in [3.63, 3.8) is 0 Å². The molecule has 0 spiro atoms. The second kappa shape index (κ2) is 5.54. The second-order valence-corrected chi connectivity index (χ2v) is 4.98. The summed E-state index contributed by atoms with van der Waals surface area (Å²) in [7, 11) is 0. The van der Waals surface area contributed by atoms with Crippen LogP contribution in [0.5, 0.6) is 0 Å². The maximum atomic E-state index is 12.4. The van der Waals surface area contributed by atoms with Gasteiger partial charge in [-0.15, -0.1) is 0 Å². The fourth-order valence-electron chi connectivity index (χ4n) is 2.57. The molecule has 0 bridgehead atoms. The van der Waals surface area contributed by atoms with Gasteiger partial charge in [-0.25, -0.2) is 0 Å². The number of carbonyl (C=O) groups excluding carboxylic acids is 1. The lowest BCUT2D eigenvalue weighted by atomic mass is 10.1. The molecule has 3 heteroatoms. The van der Waals surface area contributed by atoms with Crippen molar-refractivity contribution >= 4 is 17.5 Å². The van der Waals surface area contributed by atoms with Gasteiger partial charge < -0.3 is 4.90 Å². The van der Waals surface area contributed by atoms with E-state index in [9.17, 15) is 4.79 Å². The minimum absolute atomic E-state index is 0.113. The maximum absolute atomic E-state index is 12.4. The van der Waals surface area contributed by atoms with Gasteiger partial charge in [-0.05, 0) is 38.0 Å². The summed E-state index contributed by atoms with van der Waals surface area (Å²) >= 11 is 5.93. The van der Waals surface area contributed by atoms with E-state index in [2.05, 4.69) is 0 Å². The topological polar surface area (TPSA) is 20.3 Å². The third-order valence-corrected chi connectivity index (χ3v) is 3.67. The number of carbonyl (C=O) groups is 1. The molecule has 0 heterocycles. The zero-order chi connectivity index (χ0) is 12.3. The van der Waals surface area contributed by atoms with Gasteiger partial charge in [0.15, 0.2) is 0 Å². The first-order valence-electron chi connectivity index (χ1n) is 6.29. The number of hydrogen-bond donors (Lipinski definition) is 0. The van der Waals surface area contributed by atoms with E-state index in [0.717, 1.165) is 19.4 Å². The summed E-state index contributed by atoms with van der Waals surface area (Å²) in [6.45, 7) is 2.82. The zero-order valence-corrected chi connectivity index (χ0v) is 10.9. The molecule has 0 radical (unpaired) electrons. The van der Waals surface area contributed by atoms with Crippen molar-refractivity contribution in [1.82, 2.24) is 4.90 Å². The van der Waals surface area contributed by atoms with E-state index in [1.54, 1.807) is 12.1 Å². The third-order valence-electron chi connectivity index (χ3n) is 3.44. The molecular formula is C14H18ClNO. The molecule has 0 unspecified atom stereocenters. The van der Waals surface area contributed by atoms with E-state index < -0.39 is 0 Å². The zero-order valence-electron chi connectivity index (χ0n) is 10.2. The van der Waals surface area contributed by atoms with Crippen molar-refractivity contribution in [3.05, 3.63) is 34.9 Å². The molecule has 1 saturated carbocycles. The van der Waals surface area contributed by atoms with Crippen LogP contribution in [0, 0.1) is 0 Å². The Morgan fingerprint density at radius 2 is 2.12 bits per heavy atom. The SMILES string of the molecule is CCN(C(=O)c1cccc(Cl)c1)C1CCCC1. The van der Waals surface area contributed by atoms with Crippen molar-refractivity contribution in [1.29, 1.82) is 0 Å². The maximum Gasteiger partial charge on any atom is 0.254 e. The van der Waals surface area contributed by atoms with Gasteiger partial charge in [-0.3, -0.25) is 4.79 Å². The van der Waals surface area contributed by atoms with Crippen molar-refractivity contribution in [2.24, 2.45) is 0 Å². The van der Waals surface area contributed by atoms with Crippen LogP contribution >= 0.6 is 11.6 Å². The summed E-state index contributed by atoms with van der Waals surface area (Å²) in [6, 6.07) is 7.64. The fourth-order valence-corrected chi connectivity index (χ4v) is 2.76. The smallest absolute Gasteiger partial charge is 0.254 e. The number of nitrogens with zero attached hydrogens (tertiary/aromatic N) is 1. The van der Waals surface area contributed by atoms with Crippen molar-refractivity contribution < 1.29 is 4.79 Å². The molecule has 1 aliphatic rings. The standard InChI is InChI=1S/C14H18ClNO/c1-2-16(13-8-3-4-9-13)14(17)11-6-5-7-12(15)10-11/h5-7,10,13H,2-4,8-9H2,1H3. The molecule has 1 aromatic carbocycles. The molecule has 1 amide bonds. The number of amides is 1. The Morgan fingerprint density at radius 1 is 1.41 bits per heavy atom. The molecular weight excluding hydrogens is 234 g/mol. The van der Waals surface area contributed by atoms with Crippen LogP contribution in [0.4, 0.5) is 0 Å². The van der Waals surface area contributed by atoms with Gasteiger partial charge in [0.1, 0.15) is 0 Å². The van der Waals surface area contributed by atoms with Crippen molar-refractivity contribution in [2.45, 2.75) is 38.6 Å². The molecule has 2 rings (SSSR count). The van der Waals surface area contributed by atoms with Crippen LogP contribution in [-0.2, 0) is 0 Å². The Bertz CT molecular complexity index is 399. The van der Waals surface area contributed by atoms with Gasteiger partial charge in [0.2, 0.25) is 0 Å². The van der Waals surface area contributed by atoms with Crippen LogP contribution in [0.15, 0.2) is 24.3 Å². The number of benzene rings is 1. The minimum atomic E-state index is 0.113. The summed E-state index contributed by atoms with van der Waals surface area (Å²) in [5, 5.41) is 0.623. The van der Waals surface area contributed by atoms with Gasteiger partial charge in [0, 0.05) is 23.2 Å². The van der Waals surface area contributed by atoms with Crippen LogP contribution in [0.1, 0.15) is 43.0 Å². The highest BCUT2D eigenvalue weighted by atomic mass is 35.5. The normalized spacial score (nSPS) is 16.1. The lowest BCUT2D eigenvalue weighted by molar-refractivity contribution is 0.0693. The van der Waals surface area contributed by atoms with Crippen molar-refractivity contribution in [3.8, 4) is 0 Å². The molecule has 1 aromatic rings. The summed E-state index contributed by atoms with van der Waals surface area (Å²) < 4.78 is 0. The summed E-state index contributed by atoms with van der Waals surface area (Å²) in [6.07, 6.45) is 4.76. The Kier molecular flexibility index (Phi) is 4.06. The van der Waals surface area contributed by atoms with E-state index in [4.69, 9.17) is 11.6 Å². The Balaban J connectivity index is 2.16. The summed E-state index contributed by atoms with van der Waals surface area (Å²) in [4.78, 5) is 14.4. The predicted octanol–water partition coefficient (Wildman–Crippen LogP) is 3.74.